The third kappa shape index (κ3) is 5.52. The Morgan fingerprint density at radius 2 is 1.83 bits per heavy atom. The molecule has 0 aromatic rings. The molecule has 0 aliphatic carbocycles. The summed E-state index contributed by atoms with van der Waals surface area (Å²) in [7, 11) is 3.44. The topological polar surface area (TPSA) is 30.5 Å². The van der Waals surface area contributed by atoms with Gasteiger partial charge in [-0.1, -0.05) is 13.8 Å². The molecule has 0 unspecified atom stereocenters. The Hall–Kier alpha value is -0.120. The largest absolute Gasteiger partial charge is 0.383 e. The van der Waals surface area contributed by atoms with Crippen LogP contribution in [0, 0.1) is 5.92 Å². The van der Waals surface area contributed by atoms with Gasteiger partial charge in [0.15, 0.2) is 0 Å². The van der Waals surface area contributed by atoms with Crippen molar-refractivity contribution >= 4 is 0 Å². The summed E-state index contributed by atoms with van der Waals surface area (Å²) in [5.74, 6) is 0.599. The van der Waals surface area contributed by atoms with Crippen molar-refractivity contribution in [1.82, 2.24) is 5.32 Å². The number of hydrogen-bond acceptors (Lipinski definition) is 3. The van der Waals surface area contributed by atoms with E-state index in [9.17, 15) is 0 Å². The van der Waals surface area contributed by atoms with Gasteiger partial charge in [-0.25, -0.2) is 0 Å². The van der Waals surface area contributed by atoms with E-state index >= 15 is 0 Å². The zero-order valence-corrected chi connectivity index (χ0v) is 8.59. The highest BCUT2D eigenvalue weighted by Crippen LogP contribution is 2.00. The standard InChI is InChI=1S/C9H21NO2/c1-8(2)9(7-12-4)10-5-6-11-3/h8-10H,5-7H2,1-4H3/t9-/m1/s1. The molecule has 0 aromatic carbocycles. The Morgan fingerprint density at radius 3 is 2.25 bits per heavy atom. The minimum absolute atomic E-state index is 0.435. The fourth-order valence-corrected chi connectivity index (χ4v) is 1.01. The Balaban J connectivity index is 3.49. The van der Waals surface area contributed by atoms with Crippen LogP contribution in [-0.4, -0.2) is 40.0 Å². The predicted octanol–water partition coefficient (Wildman–Crippen LogP) is 0.893. The lowest BCUT2D eigenvalue weighted by Crippen LogP contribution is -2.39. The van der Waals surface area contributed by atoms with Gasteiger partial charge in [0.25, 0.3) is 0 Å². The quantitative estimate of drug-likeness (QED) is 0.583. The van der Waals surface area contributed by atoms with Crippen LogP contribution in [0.15, 0.2) is 0 Å². The molecule has 1 N–H and O–H groups in total. The van der Waals surface area contributed by atoms with Gasteiger partial charge in [-0.05, 0) is 5.92 Å². The molecule has 0 radical (unpaired) electrons. The van der Waals surface area contributed by atoms with Gasteiger partial charge < -0.3 is 14.8 Å². The van der Waals surface area contributed by atoms with Crippen molar-refractivity contribution in [3.8, 4) is 0 Å². The normalized spacial score (nSPS) is 13.8. The van der Waals surface area contributed by atoms with Crippen molar-refractivity contribution in [2.45, 2.75) is 19.9 Å². The maximum Gasteiger partial charge on any atom is 0.0618 e. The Labute approximate surface area is 75.4 Å². The molecule has 0 aliphatic heterocycles. The average Bonchev–Trinajstić information content (AvgIpc) is 2.03. The second-order valence-corrected chi connectivity index (χ2v) is 3.25. The van der Waals surface area contributed by atoms with Gasteiger partial charge in [-0.15, -0.1) is 0 Å². The molecule has 1 atom stereocenters. The minimum Gasteiger partial charge on any atom is -0.383 e. The van der Waals surface area contributed by atoms with Crippen molar-refractivity contribution < 1.29 is 9.47 Å². The molecular formula is C9H21NO2. The molecule has 3 nitrogen and oxygen atoms in total. The van der Waals surface area contributed by atoms with Gasteiger partial charge in [0.05, 0.1) is 13.2 Å². The maximum absolute atomic E-state index is 5.09. The Bertz CT molecular complexity index is 96.5. The summed E-state index contributed by atoms with van der Waals surface area (Å²) in [5, 5.41) is 3.37. The van der Waals surface area contributed by atoms with Crippen molar-refractivity contribution in [2.75, 3.05) is 34.0 Å². The van der Waals surface area contributed by atoms with Gasteiger partial charge in [-0.3, -0.25) is 0 Å². The summed E-state index contributed by atoms with van der Waals surface area (Å²) in [6.45, 7) is 6.78. The van der Waals surface area contributed by atoms with Crippen molar-refractivity contribution in [3.05, 3.63) is 0 Å². The molecule has 0 saturated heterocycles. The van der Waals surface area contributed by atoms with Crippen LogP contribution in [0.2, 0.25) is 0 Å². The van der Waals surface area contributed by atoms with Gasteiger partial charge in [0.1, 0.15) is 0 Å². The fraction of sp³-hybridized carbons (Fsp3) is 1.00. The number of ether oxygens (including phenoxy) is 2. The van der Waals surface area contributed by atoms with Crippen LogP contribution >= 0.6 is 0 Å². The van der Waals surface area contributed by atoms with Crippen LogP contribution in [0.1, 0.15) is 13.8 Å². The summed E-state index contributed by atoms with van der Waals surface area (Å²) >= 11 is 0. The molecule has 0 spiro atoms. The first-order valence-electron chi connectivity index (χ1n) is 4.43. The Kier molecular flexibility index (Phi) is 7.45. The molecular weight excluding hydrogens is 154 g/mol. The molecule has 0 fully saturated rings. The third-order valence-corrected chi connectivity index (χ3v) is 1.86. The third-order valence-electron chi connectivity index (χ3n) is 1.86. The molecule has 12 heavy (non-hydrogen) atoms. The van der Waals surface area contributed by atoms with E-state index < -0.39 is 0 Å². The first-order chi connectivity index (χ1) is 5.72. The highest BCUT2D eigenvalue weighted by atomic mass is 16.5. The molecule has 0 rings (SSSR count). The second kappa shape index (κ2) is 7.53. The molecule has 0 heterocycles. The molecule has 0 aliphatic rings. The van der Waals surface area contributed by atoms with E-state index in [-0.39, 0.29) is 0 Å². The van der Waals surface area contributed by atoms with Crippen LogP contribution in [0.5, 0.6) is 0 Å². The number of nitrogens with one attached hydrogen (secondary N) is 1. The zero-order chi connectivity index (χ0) is 9.40. The Morgan fingerprint density at radius 1 is 1.17 bits per heavy atom. The van der Waals surface area contributed by atoms with E-state index in [2.05, 4.69) is 19.2 Å². The summed E-state index contributed by atoms with van der Waals surface area (Å²) in [4.78, 5) is 0. The monoisotopic (exact) mass is 175 g/mol. The highest BCUT2D eigenvalue weighted by Gasteiger charge is 2.10. The van der Waals surface area contributed by atoms with E-state index in [1.807, 2.05) is 0 Å². The maximum atomic E-state index is 5.09. The average molecular weight is 175 g/mol. The molecule has 0 saturated carbocycles. The van der Waals surface area contributed by atoms with E-state index in [1.165, 1.54) is 0 Å². The minimum atomic E-state index is 0.435. The van der Waals surface area contributed by atoms with Crippen LogP contribution < -0.4 is 5.32 Å². The first kappa shape index (κ1) is 11.9. The second-order valence-electron chi connectivity index (χ2n) is 3.25. The van der Waals surface area contributed by atoms with Crippen LogP contribution in [-0.2, 0) is 9.47 Å². The molecule has 74 valence electrons. The lowest BCUT2D eigenvalue weighted by atomic mass is 10.1. The molecule has 0 aromatic heterocycles. The molecule has 3 heteroatoms. The van der Waals surface area contributed by atoms with E-state index in [1.54, 1.807) is 14.2 Å². The smallest absolute Gasteiger partial charge is 0.0618 e. The van der Waals surface area contributed by atoms with Crippen LogP contribution in [0.3, 0.4) is 0 Å². The predicted molar refractivity (Wildman–Crippen MR) is 50.4 cm³/mol. The number of methoxy groups -OCH3 is 2. The van der Waals surface area contributed by atoms with Crippen LogP contribution in [0.4, 0.5) is 0 Å². The van der Waals surface area contributed by atoms with Crippen molar-refractivity contribution in [3.63, 3.8) is 0 Å². The summed E-state index contributed by atoms with van der Waals surface area (Å²) in [6.07, 6.45) is 0. The summed E-state index contributed by atoms with van der Waals surface area (Å²) < 4.78 is 10.0. The van der Waals surface area contributed by atoms with Crippen molar-refractivity contribution in [2.24, 2.45) is 5.92 Å². The van der Waals surface area contributed by atoms with E-state index in [4.69, 9.17) is 9.47 Å². The molecule has 0 amide bonds. The van der Waals surface area contributed by atoms with Crippen molar-refractivity contribution in [1.29, 1.82) is 0 Å². The first-order valence-corrected chi connectivity index (χ1v) is 4.43. The summed E-state index contributed by atoms with van der Waals surface area (Å²) in [6, 6.07) is 0.435. The van der Waals surface area contributed by atoms with Crippen LogP contribution in [0.25, 0.3) is 0 Å². The SMILES string of the molecule is COCCN[C@H](COC)C(C)C. The fourth-order valence-electron chi connectivity index (χ4n) is 1.01. The lowest BCUT2D eigenvalue weighted by Gasteiger charge is -2.21. The zero-order valence-electron chi connectivity index (χ0n) is 8.59. The van der Waals surface area contributed by atoms with Gasteiger partial charge in [0.2, 0.25) is 0 Å². The van der Waals surface area contributed by atoms with Gasteiger partial charge >= 0.3 is 0 Å². The number of hydrogen-bond donors (Lipinski definition) is 1. The van der Waals surface area contributed by atoms with Gasteiger partial charge in [-0.2, -0.15) is 0 Å². The van der Waals surface area contributed by atoms with E-state index in [0.717, 1.165) is 19.8 Å². The van der Waals surface area contributed by atoms with E-state index in [0.29, 0.717) is 12.0 Å². The highest BCUT2D eigenvalue weighted by molar-refractivity contribution is 4.69. The molecule has 0 bridgehead atoms. The lowest BCUT2D eigenvalue weighted by molar-refractivity contribution is 0.136. The summed E-state index contributed by atoms with van der Waals surface area (Å²) in [5.41, 5.74) is 0. The number of rotatable bonds is 7. The van der Waals surface area contributed by atoms with Gasteiger partial charge in [0, 0.05) is 26.8 Å².